The Hall–Kier alpha value is -9.32. The van der Waals surface area contributed by atoms with Crippen LogP contribution >= 0.6 is 22.9 Å². The van der Waals surface area contributed by atoms with Gasteiger partial charge in [0, 0.05) is 38.3 Å². The highest BCUT2D eigenvalue weighted by Crippen LogP contribution is 2.39. The number of para-hydroxylation sites is 1. The van der Waals surface area contributed by atoms with Gasteiger partial charge < -0.3 is 22.8 Å². The molecule has 0 spiro atoms. The Balaban J connectivity index is 1.44. The molecule has 12 aromatic rings. The van der Waals surface area contributed by atoms with E-state index < -0.39 is 13.7 Å². The van der Waals surface area contributed by atoms with Crippen molar-refractivity contribution in [2.75, 3.05) is 13.2 Å². The molecule has 0 radical (unpaired) electrons. The number of ether oxygens (including phenoxy) is 2. The molecular formula is C68H53B2ClN6O3S. The summed E-state index contributed by atoms with van der Waals surface area (Å²) in [6.45, 7) is 17.9. The summed E-state index contributed by atoms with van der Waals surface area (Å²) in [6, 6.07) is 74.0. The van der Waals surface area contributed by atoms with Crippen molar-refractivity contribution in [3.63, 3.8) is 0 Å². The van der Waals surface area contributed by atoms with Crippen LogP contribution in [0.15, 0.2) is 217 Å². The van der Waals surface area contributed by atoms with Crippen LogP contribution in [0.3, 0.4) is 0 Å². The van der Waals surface area contributed by atoms with E-state index in [2.05, 4.69) is 145 Å². The number of thiazole rings is 1. The zero-order chi connectivity index (χ0) is 55.6. The van der Waals surface area contributed by atoms with Gasteiger partial charge >= 0.3 is 13.7 Å². The van der Waals surface area contributed by atoms with Gasteiger partial charge in [-0.25, -0.2) is 14.8 Å². The van der Waals surface area contributed by atoms with Crippen molar-refractivity contribution in [1.82, 2.24) is 18.9 Å². The lowest BCUT2D eigenvalue weighted by Gasteiger charge is -2.24. The molecule has 0 N–H and O–H groups in total. The number of benzene rings is 8. The summed E-state index contributed by atoms with van der Waals surface area (Å²) in [5.74, 6) is 1.94. The molecule has 4 aromatic heterocycles. The Kier molecular flexibility index (Phi) is 14.7. The van der Waals surface area contributed by atoms with Crippen LogP contribution < -0.4 is 42.0 Å². The Morgan fingerprint density at radius 2 is 1.07 bits per heavy atom. The van der Waals surface area contributed by atoms with Crippen LogP contribution in [0.4, 0.5) is 0 Å². The number of nitriles is 1. The lowest BCUT2D eigenvalue weighted by atomic mass is 9.50. The first kappa shape index (κ1) is 52.4. The van der Waals surface area contributed by atoms with E-state index in [0.717, 1.165) is 54.6 Å². The summed E-state index contributed by atoms with van der Waals surface area (Å²) in [5, 5.41) is 15.9. The molecule has 0 saturated heterocycles. The van der Waals surface area contributed by atoms with E-state index in [1.807, 2.05) is 97.1 Å². The van der Waals surface area contributed by atoms with Gasteiger partial charge in [-0.05, 0) is 66.4 Å². The number of oxazole rings is 1. The molecule has 0 bridgehead atoms. The van der Waals surface area contributed by atoms with E-state index >= 15 is 0 Å². The van der Waals surface area contributed by atoms with Crippen molar-refractivity contribution in [3.05, 3.63) is 250 Å². The average molecular weight is 1090 g/mol. The molecule has 4 heterocycles. The van der Waals surface area contributed by atoms with Crippen LogP contribution in [-0.4, -0.2) is 45.8 Å². The largest absolute Gasteiger partial charge is 0.493 e. The van der Waals surface area contributed by atoms with Crippen molar-refractivity contribution < 1.29 is 13.9 Å². The number of hydrogen-bond donors (Lipinski definition) is 0. The third kappa shape index (κ3) is 10.2. The molecule has 0 fully saturated rings. The number of rotatable bonds is 16. The topological polar surface area (TPSA) is 95.4 Å². The zero-order valence-electron chi connectivity index (χ0n) is 45.1. The van der Waals surface area contributed by atoms with Crippen molar-refractivity contribution in [2.45, 2.75) is 27.7 Å². The van der Waals surface area contributed by atoms with Crippen LogP contribution in [0.2, 0.25) is 5.02 Å². The Morgan fingerprint density at radius 1 is 0.593 bits per heavy atom. The van der Waals surface area contributed by atoms with Crippen LogP contribution in [0.25, 0.3) is 70.7 Å². The Labute approximate surface area is 480 Å². The molecule has 0 atom stereocenters. The predicted octanol–water partition coefficient (Wildman–Crippen LogP) is 12.4. The second-order valence-corrected chi connectivity index (χ2v) is 22.3. The number of halogens is 1. The summed E-state index contributed by atoms with van der Waals surface area (Å²) >= 11 is 8.14. The quantitative estimate of drug-likeness (QED) is 0.0707. The van der Waals surface area contributed by atoms with Crippen LogP contribution in [0.5, 0.6) is 11.5 Å². The van der Waals surface area contributed by atoms with E-state index in [9.17, 15) is 11.8 Å². The lowest BCUT2D eigenvalue weighted by Crippen LogP contribution is -2.54. The standard InChI is InChI=1S/C68H53B2ClN6O3S/c1-44(2)42-78-53-32-20-22-46(38-53)63-60-61(66(62(73-5)67-74-57-40-52(71)36-37-58(57)80-67)77(63)70(50-28-14-8-15-29-50)51-30-16-9-17-31-51)64(47-23-21-33-54(39-47)79-43-45(3)4)76(69(48-24-10-6-11-25-48)49-26-12-7-13-27-49)65(60)55(41-72)68-75-56-34-18-19-35-59(56)81-68/h6-40,44-45H,42-43H2,1-4H3/b65-55-,66-62+. The second-order valence-electron chi connectivity index (χ2n) is 20.9. The minimum Gasteiger partial charge on any atom is -0.493 e. The van der Waals surface area contributed by atoms with Gasteiger partial charge in [0.25, 0.3) is 5.70 Å². The third-order valence-electron chi connectivity index (χ3n) is 14.3. The smallest absolute Gasteiger partial charge is 0.328 e. The molecular weight excluding hydrogens is 1040 g/mol. The fourth-order valence-corrected chi connectivity index (χ4v) is 12.0. The van der Waals surface area contributed by atoms with Crippen LogP contribution in [-0.2, 0) is 0 Å². The summed E-state index contributed by atoms with van der Waals surface area (Å²) in [6.07, 6.45) is 0. The highest BCUT2D eigenvalue weighted by molar-refractivity contribution is 7.19. The van der Waals surface area contributed by atoms with Gasteiger partial charge in [-0.3, -0.25) is 0 Å². The van der Waals surface area contributed by atoms with Gasteiger partial charge in [0.1, 0.15) is 33.7 Å². The minimum absolute atomic E-state index is 0.107. The fraction of sp³-hybridized carbons (Fsp3) is 0.118. The first-order chi connectivity index (χ1) is 39.7. The summed E-state index contributed by atoms with van der Waals surface area (Å²) in [7, 11) is 0. The van der Waals surface area contributed by atoms with Gasteiger partial charge in [-0.15, -0.1) is 11.3 Å². The number of fused-ring (bicyclic) bond motifs is 3. The first-order valence-electron chi connectivity index (χ1n) is 27.1. The second kappa shape index (κ2) is 22.8. The van der Waals surface area contributed by atoms with Gasteiger partial charge in [0.05, 0.1) is 40.7 Å². The van der Waals surface area contributed by atoms with E-state index in [-0.39, 0.29) is 23.4 Å². The fourth-order valence-electron chi connectivity index (χ4n) is 10.9. The molecule has 392 valence electrons. The minimum atomic E-state index is -0.595. The summed E-state index contributed by atoms with van der Waals surface area (Å²) in [4.78, 5) is 15.0. The van der Waals surface area contributed by atoms with E-state index in [4.69, 9.17) is 35.5 Å². The lowest BCUT2D eigenvalue weighted by molar-refractivity contribution is 0.271. The molecule has 0 aliphatic heterocycles. The number of aromatic nitrogens is 4. The SMILES string of the molecule is [C-]#[N+]/C(c1nc2cc(Cl)ccc2o1)=c1\c2c(-c3cccc(OCC(C)C)c3)n(B(c3ccccc3)c3ccccc3)/c(=C(/C#N)c3nc4ccccc4s3)c2c(-c2cccc(OCC(C)C)c2)n1B(c1ccccc1)c1ccccc1. The zero-order valence-corrected chi connectivity index (χ0v) is 46.7. The third-order valence-corrected chi connectivity index (χ3v) is 15.6. The maximum absolute atomic E-state index is 12.3. The van der Waals surface area contributed by atoms with Crippen LogP contribution in [0.1, 0.15) is 38.6 Å². The van der Waals surface area contributed by atoms with E-state index in [1.165, 1.54) is 11.3 Å². The molecule has 0 unspecified atom stereocenters. The maximum Gasteiger partial charge on any atom is 0.328 e. The molecule has 0 aliphatic carbocycles. The summed E-state index contributed by atoms with van der Waals surface area (Å²) in [5.41, 5.74) is 9.11. The normalized spacial score (nSPS) is 12.2. The highest BCUT2D eigenvalue weighted by Gasteiger charge is 2.38. The van der Waals surface area contributed by atoms with Crippen LogP contribution in [0, 0.1) is 29.7 Å². The van der Waals surface area contributed by atoms with Crippen molar-refractivity contribution in [1.29, 1.82) is 5.26 Å². The Morgan fingerprint density at radius 3 is 1.56 bits per heavy atom. The maximum atomic E-state index is 12.3. The molecule has 12 rings (SSSR count). The molecule has 0 saturated carbocycles. The van der Waals surface area contributed by atoms with Gasteiger partial charge in [0.2, 0.25) is 5.89 Å². The number of hydrogen-bond acceptors (Lipinski definition) is 7. The van der Waals surface area contributed by atoms with E-state index in [1.54, 1.807) is 18.2 Å². The molecule has 81 heavy (non-hydrogen) atoms. The molecule has 0 amide bonds. The molecule has 8 aromatic carbocycles. The molecule has 0 aliphatic rings. The van der Waals surface area contributed by atoms with Crippen molar-refractivity contribution in [2.24, 2.45) is 11.8 Å². The van der Waals surface area contributed by atoms with Gasteiger partial charge in [-0.1, -0.05) is 219 Å². The van der Waals surface area contributed by atoms with Gasteiger partial charge in [-0.2, -0.15) is 5.26 Å². The highest BCUT2D eigenvalue weighted by atomic mass is 35.5. The average Bonchev–Trinajstić information content (AvgIpc) is 4.07. The predicted molar refractivity (Wildman–Crippen MR) is 333 cm³/mol. The van der Waals surface area contributed by atoms with E-state index in [0.29, 0.717) is 72.9 Å². The Bertz CT molecular complexity index is 4320. The van der Waals surface area contributed by atoms with Crippen molar-refractivity contribution >= 4 is 102 Å². The van der Waals surface area contributed by atoms with Crippen molar-refractivity contribution in [3.8, 4) is 40.1 Å². The first-order valence-corrected chi connectivity index (χ1v) is 28.3. The molecule has 13 heteroatoms. The van der Waals surface area contributed by atoms with Gasteiger partial charge in [0.15, 0.2) is 5.58 Å². The summed E-state index contributed by atoms with van der Waals surface area (Å²) < 4.78 is 25.6. The number of nitrogens with zero attached hydrogens (tertiary/aromatic N) is 6. The molecule has 9 nitrogen and oxygen atoms in total. The monoisotopic (exact) mass is 1090 g/mol.